The predicted molar refractivity (Wildman–Crippen MR) is 147 cm³/mol. The highest BCUT2D eigenvalue weighted by Crippen LogP contribution is 2.63. The van der Waals surface area contributed by atoms with E-state index in [2.05, 4.69) is 126 Å². The lowest BCUT2D eigenvalue weighted by molar-refractivity contribution is 1.42. The van der Waals surface area contributed by atoms with Gasteiger partial charge in [0.15, 0.2) is 0 Å². The minimum atomic E-state index is -0.764. The molecule has 1 nitrogen and oxygen atoms in total. The Labute approximate surface area is 199 Å². The molecule has 0 aliphatic carbocycles. The Bertz CT molecular complexity index is 1650. The quantitative estimate of drug-likeness (QED) is 0.212. The fraction of sp³-hybridized carbons (Fsp3) is 0. The molecule has 0 bridgehead atoms. The Morgan fingerprint density at radius 1 is 0.382 bits per heavy atom. The average molecular weight is 449 g/mol. The zero-order valence-corrected chi connectivity index (χ0v) is 19.3. The summed E-state index contributed by atoms with van der Waals surface area (Å²) in [5.74, 6) is 0. The van der Waals surface area contributed by atoms with Crippen LogP contribution in [0.15, 0.2) is 121 Å². The van der Waals surface area contributed by atoms with Crippen LogP contribution in [0, 0.1) is 0 Å². The Kier molecular flexibility index (Phi) is 3.69. The van der Waals surface area contributed by atoms with Crippen LogP contribution in [0.4, 0.5) is 11.4 Å². The first kappa shape index (κ1) is 18.5. The van der Waals surface area contributed by atoms with Gasteiger partial charge in [-0.15, -0.1) is 0 Å². The second-order valence-corrected chi connectivity index (χ2v) is 11.0. The lowest BCUT2D eigenvalue weighted by atomic mass is 9.94. The van der Waals surface area contributed by atoms with E-state index in [1.165, 1.54) is 65.8 Å². The number of hydrogen-bond donors (Lipinski definition) is 0. The maximum absolute atomic E-state index is 2.70. The van der Waals surface area contributed by atoms with Gasteiger partial charge in [-0.05, 0) is 21.9 Å². The van der Waals surface area contributed by atoms with E-state index < -0.39 is 8.07 Å². The van der Waals surface area contributed by atoms with Crippen LogP contribution < -0.4 is 15.3 Å². The highest BCUT2D eigenvalue weighted by atomic mass is 31.1. The first-order chi connectivity index (χ1) is 16.9. The van der Waals surface area contributed by atoms with Gasteiger partial charge in [-0.3, -0.25) is 0 Å². The molecule has 2 aliphatic rings. The van der Waals surface area contributed by atoms with Gasteiger partial charge in [-0.1, -0.05) is 121 Å². The number of rotatable bonds is 0. The molecule has 0 radical (unpaired) electrons. The number of hydrogen-bond acceptors (Lipinski definition) is 1. The van der Waals surface area contributed by atoms with Crippen molar-refractivity contribution < 1.29 is 0 Å². The molecule has 0 fully saturated rings. The third-order valence-corrected chi connectivity index (χ3v) is 9.76. The van der Waals surface area contributed by atoms with Gasteiger partial charge in [-0.25, -0.2) is 0 Å². The molecule has 6 aromatic rings. The summed E-state index contributed by atoms with van der Waals surface area (Å²) >= 11 is 0. The lowest BCUT2D eigenvalue weighted by Crippen LogP contribution is -2.34. The summed E-state index contributed by atoms with van der Waals surface area (Å²) in [6, 6.07) is 45.0. The third kappa shape index (κ3) is 2.32. The van der Waals surface area contributed by atoms with Crippen LogP contribution >= 0.6 is 8.07 Å². The maximum Gasteiger partial charge on any atom is 0.0612 e. The molecule has 2 aliphatic heterocycles. The maximum atomic E-state index is 2.70. The minimum absolute atomic E-state index is 0.764. The Morgan fingerprint density at radius 2 is 0.824 bits per heavy atom. The van der Waals surface area contributed by atoms with Gasteiger partial charge >= 0.3 is 0 Å². The monoisotopic (exact) mass is 449 g/mol. The van der Waals surface area contributed by atoms with E-state index in [0.717, 1.165) is 0 Å². The Balaban J connectivity index is 1.62. The van der Waals surface area contributed by atoms with Crippen LogP contribution in [-0.4, -0.2) is 0 Å². The molecule has 0 aromatic heterocycles. The number of fused-ring (bicyclic) bond motifs is 15. The van der Waals surface area contributed by atoms with Crippen molar-refractivity contribution in [2.75, 3.05) is 4.67 Å². The van der Waals surface area contributed by atoms with Gasteiger partial charge in [-0.2, -0.15) is 0 Å². The molecule has 0 N–H and O–H groups in total. The molecule has 2 heterocycles. The molecular formula is C32H20NP. The molecule has 158 valence electrons. The zero-order chi connectivity index (χ0) is 22.2. The first-order valence-electron chi connectivity index (χ1n) is 11.7. The van der Waals surface area contributed by atoms with E-state index in [-0.39, 0.29) is 0 Å². The third-order valence-electron chi connectivity index (χ3n) is 7.27. The normalized spacial score (nSPS) is 13.7. The number of nitrogens with zero attached hydrogens (tertiary/aromatic N) is 1. The topological polar surface area (TPSA) is 3.24 Å². The van der Waals surface area contributed by atoms with Crippen LogP contribution in [0.1, 0.15) is 0 Å². The summed E-state index contributed by atoms with van der Waals surface area (Å²) in [7, 11) is -0.764. The lowest BCUT2D eigenvalue weighted by Gasteiger charge is -2.45. The van der Waals surface area contributed by atoms with Crippen LogP contribution in [0.3, 0.4) is 0 Å². The SMILES string of the molecule is c1ccc2c(c1)-c1ccc3ccccc3c1N1c3c(ccc4ccccc34)-c3ccccc3P21. The Hall–Kier alpha value is -3.93. The Morgan fingerprint density at radius 3 is 1.35 bits per heavy atom. The summed E-state index contributed by atoms with van der Waals surface area (Å²) in [6.07, 6.45) is 0. The predicted octanol–water partition coefficient (Wildman–Crippen LogP) is 8.14. The average Bonchev–Trinajstić information content (AvgIpc) is 2.92. The molecule has 2 heteroatoms. The molecule has 0 saturated heterocycles. The van der Waals surface area contributed by atoms with Crippen molar-refractivity contribution in [3.8, 4) is 22.3 Å². The second-order valence-electron chi connectivity index (χ2n) is 9.02. The fourth-order valence-corrected chi connectivity index (χ4v) is 8.65. The molecule has 8 rings (SSSR count). The van der Waals surface area contributed by atoms with Crippen LogP contribution in [0.5, 0.6) is 0 Å². The van der Waals surface area contributed by atoms with Crippen molar-refractivity contribution in [1.29, 1.82) is 0 Å². The van der Waals surface area contributed by atoms with E-state index >= 15 is 0 Å². The first-order valence-corrected chi connectivity index (χ1v) is 13.0. The van der Waals surface area contributed by atoms with Crippen molar-refractivity contribution >= 4 is 51.6 Å². The van der Waals surface area contributed by atoms with Gasteiger partial charge in [0.05, 0.1) is 19.4 Å². The summed E-state index contributed by atoms with van der Waals surface area (Å²) in [4.78, 5) is 0. The van der Waals surface area contributed by atoms with Crippen LogP contribution in [0.2, 0.25) is 0 Å². The van der Waals surface area contributed by atoms with E-state index in [0.29, 0.717) is 0 Å². The summed E-state index contributed by atoms with van der Waals surface area (Å²) in [6.45, 7) is 0. The van der Waals surface area contributed by atoms with Crippen molar-refractivity contribution in [3.63, 3.8) is 0 Å². The van der Waals surface area contributed by atoms with Crippen molar-refractivity contribution in [3.05, 3.63) is 121 Å². The molecule has 0 spiro atoms. The molecule has 0 unspecified atom stereocenters. The molecular weight excluding hydrogens is 429 g/mol. The van der Waals surface area contributed by atoms with Gasteiger partial charge in [0.1, 0.15) is 0 Å². The van der Waals surface area contributed by atoms with Gasteiger partial charge in [0, 0.05) is 32.5 Å². The van der Waals surface area contributed by atoms with Crippen LogP contribution in [-0.2, 0) is 0 Å². The molecule has 0 atom stereocenters. The molecule has 0 amide bonds. The molecule has 6 aromatic carbocycles. The van der Waals surface area contributed by atoms with E-state index in [4.69, 9.17) is 0 Å². The largest absolute Gasteiger partial charge is 0.309 e. The van der Waals surface area contributed by atoms with E-state index in [1.54, 1.807) is 0 Å². The summed E-state index contributed by atoms with van der Waals surface area (Å²) in [5, 5.41) is 8.09. The highest BCUT2D eigenvalue weighted by molar-refractivity contribution is 7.75. The van der Waals surface area contributed by atoms with E-state index in [9.17, 15) is 0 Å². The molecule has 34 heavy (non-hydrogen) atoms. The fourth-order valence-electron chi connectivity index (χ4n) is 5.83. The van der Waals surface area contributed by atoms with E-state index in [1.807, 2.05) is 0 Å². The highest BCUT2D eigenvalue weighted by Gasteiger charge is 2.40. The zero-order valence-electron chi connectivity index (χ0n) is 18.4. The minimum Gasteiger partial charge on any atom is -0.309 e. The van der Waals surface area contributed by atoms with Gasteiger partial charge in [0.2, 0.25) is 0 Å². The summed E-state index contributed by atoms with van der Waals surface area (Å²) < 4.78 is 2.70. The van der Waals surface area contributed by atoms with Crippen molar-refractivity contribution in [2.24, 2.45) is 0 Å². The smallest absolute Gasteiger partial charge is 0.0612 e. The van der Waals surface area contributed by atoms with Gasteiger partial charge < -0.3 is 4.67 Å². The van der Waals surface area contributed by atoms with Crippen molar-refractivity contribution in [1.82, 2.24) is 0 Å². The molecule has 0 saturated carbocycles. The van der Waals surface area contributed by atoms with Crippen molar-refractivity contribution in [2.45, 2.75) is 0 Å². The standard InChI is InChI=1S/C32H20NP/c1-3-11-23-21(9-1)17-19-27-25-13-5-7-15-29(25)34-30-16-8-6-14-26(30)28-20-18-22-10-2-4-12-24(22)32(28)33(34)31(23)27/h1-20H. The number of benzene rings is 6. The van der Waals surface area contributed by atoms with Gasteiger partial charge in [0.25, 0.3) is 0 Å². The van der Waals surface area contributed by atoms with Crippen LogP contribution in [0.25, 0.3) is 43.8 Å². The number of anilines is 2. The summed E-state index contributed by atoms with van der Waals surface area (Å²) in [5.41, 5.74) is 8.07. The second kappa shape index (κ2) is 6.79.